The molecule has 0 bridgehead atoms. The van der Waals surface area contributed by atoms with E-state index in [1.54, 1.807) is 0 Å². The molecule has 1 heterocycles. The van der Waals surface area contributed by atoms with Crippen molar-refractivity contribution in [3.63, 3.8) is 0 Å². The minimum atomic E-state index is 0.626. The van der Waals surface area contributed by atoms with Crippen molar-refractivity contribution in [1.29, 1.82) is 0 Å². The fraction of sp³-hybridized carbons (Fsp3) is 0.909. The Morgan fingerprint density at radius 1 is 0.625 bits per heavy atom. The van der Waals surface area contributed by atoms with Crippen LogP contribution < -0.4 is 0 Å². The van der Waals surface area contributed by atoms with Crippen molar-refractivity contribution >= 4 is 0 Å². The molecular weight excluding hydrogens is 292 g/mol. The summed E-state index contributed by atoms with van der Waals surface area (Å²) in [5.74, 6) is 0. The van der Waals surface area contributed by atoms with E-state index < -0.39 is 0 Å². The van der Waals surface area contributed by atoms with E-state index in [9.17, 15) is 0 Å². The Hall–Kier alpha value is -0.660. The van der Waals surface area contributed by atoms with Gasteiger partial charge in [-0.1, -0.05) is 90.9 Å². The molecule has 142 valence electrons. The van der Waals surface area contributed by atoms with Gasteiger partial charge in [-0.25, -0.2) is 0 Å². The SMILES string of the molecule is CCCCCCCCCCCCC1N(C)C=CN1CCCCCC. The van der Waals surface area contributed by atoms with E-state index >= 15 is 0 Å². The third-order valence-corrected chi connectivity index (χ3v) is 5.43. The van der Waals surface area contributed by atoms with Crippen molar-refractivity contribution in [3.8, 4) is 0 Å². The highest BCUT2D eigenvalue weighted by molar-refractivity contribution is 4.95. The maximum absolute atomic E-state index is 2.57. The molecule has 2 heteroatoms. The molecule has 0 saturated carbocycles. The summed E-state index contributed by atoms with van der Waals surface area (Å²) in [6.07, 6.45) is 26.3. The molecule has 1 aliphatic heterocycles. The van der Waals surface area contributed by atoms with Gasteiger partial charge >= 0.3 is 0 Å². The lowest BCUT2D eigenvalue weighted by atomic mass is 10.0. The van der Waals surface area contributed by atoms with Crippen molar-refractivity contribution in [1.82, 2.24) is 9.80 Å². The first-order chi connectivity index (χ1) is 11.8. The van der Waals surface area contributed by atoms with Gasteiger partial charge in [0.25, 0.3) is 0 Å². The van der Waals surface area contributed by atoms with Crippen LogP contribution in [0.15, 0.2) is 12.4 Å². The van der Waals surface area contributed by atoms with Gasteiger partial charge in [0.2, 0.25) is 0 Å². The first kappa shape index (κ1) is 21.4. The average Bonchev–Trinajstić information content (AvgIpc) is 2.93. The highest BCUT2D eigenvalue weighted by Crippen LogP contribution is 2.21. The molecular formula is C22H44N2. The maximum Gasteiger partial charge on any atom is 0.100 e. The topological polar surface area (TPSA) is 6.48 Å². The van der Waals surface area contributed by atoms with Gasteiger partial charge in [0.05, 0.1) is 0 Å². The zero-order valence-corrected chi connectivity index (χ0v) is 16.9. The highest BCUT2D eigenvalue weighted by Gasteiger charge is 2.22. The van der Waals surface area contributed by atoms with Crippen LogP contribution in [0.25, 0.3) is 0 Å². The maximum atomic E-state index is 2.57. The van der Waals surface area contributed by atoms with Crippen LogP contribution in [-0.2, 0) is 0 Å². The molecule has 0 aromatic rings. The van der Waals surface area contributed by atoms with Crippen LogP contribution in [0.4, 0.5) is 0 Å². The third kappa shape index (κ3) is 9.59. The zero-order chi connectivity index (χ0) is 17.5. The van der Waals surface area contributed by atoms with Gasteiger partial charge in [-0.3, -0.25) is 0 Å². The van der Waals surface area contributed by atoms with E-state index in [2.05, 4.69) is 43.1 Å². The molecule has 1 atom stereocenters. The number of rotatable bonds is 16. The molecule has 0 radical (unpaired) electrons. The van der Waals surface area contributed by atoms with Gasteiger partial charge in [0.1, 0.15) is 6.17 Å². The molecule has 0 fully saturated rings. The molecule has 0 amide bonds. The molecule has 0 saturated heterocycles. The summed E-state index contributed by atoms with van der Waals surface area (Å²) in [4.78, 5) is 4.98. The Balaban J connectivity index is 2.00. The Kier molecular flexibility index (Phi) is 13.1. The van der Waals surface area contributed by atoms with Gasteiger partial charge in [0, 0.05) is 26.0 Å². The summed E-state index contributed by atoms with van der Waals surface area (Å²) in [5, 5.41) is 0. The Bertz CT molecular complexity index is 300. The standard InChI is InChI=1S/C22H44N2/c1-4-6-8-10-11-12-13-14-15-16-18-22-23(3)20-21-24(22)19-17-9-7-5-2/h20-22H,4-19H2,1-3H3. The largest absolute Gasteiger partial charge is 0.359 e. The molecule has 0 spiro atoms. The van der Waals surface area contributed by atoms with Crippen molar-refractivity contribution in [2.45, 2.75) is 116 Å². The van der Waals surface area contributed by atoms with Gasteiger partial charge in [0.15, 0.2) is 0 Å². The van der Waals surface area contributed by atoms with E-state index in [0.717, 1.165) is 0 Å². The Morgan fingerprint density at radius 2 is 1.12 bits per heavy atom. The van der Waals surface area contributed by atoms with Crippen molar-refractivity contribution in [2.24, 2.45) is 0 Å². The lowest BCUT2D eigenvalue weighted by Gasteiger charge is -2.30. The highest BCUT2D eigenvalue weighted by atomic mass is 15.4. The monoisotopic (exact) mass is 336 g/mol. The second-order valence-electron chi connectivity index (χ2n) is 7.71. The number of hydrogen-bond donors (Lipinski definition) is 0. The summed E-state index contributed by atoms with van der Waals surface area (Å²) in [7, 11) is 2.24. The molecule has 0 aromatic heterocycles. The summed E-state index contributed by atoms with van der Waals surface area (Å²) >= 11 is 0. The van der Waals surface area contributed by atoms with Crippen molar-refractivity contribution in [2.75, 3.05) is 13.6 Å². The van der Waals surface area contributed by atoms with E-state index in [1.165, 1.54) is 103 Å². The summed E-state index contributed by atoms with van der Waals surface area (Å²) in [5.41, 5.74) is 0. The van der Waals surface area contributed by atoms with Crippen LogP contribution in [0.2, 0.25) is 0 Å². The summed E-state index contributed by atoms with van der Waals surface area (Å²) in [6.45, 7) is 5.82. The zero-order valence-electron chi connectivity index (χ0n) is 16.9. The number of unbranched alkanes of at least 4 members (excludes halogenated alkanes) is 12. The molecule has 1 aliphatic rings. The van der Waals surface area contributed by atoms with Crippen LogP contribution in [0.5, 0.6) is 0 Å². The van der Waals surface area contributed by atoms with Crippen LogP contribution in [-0.4, -0.2) is 29.6 Å². The normalized spacial score (nSPS) is 17.2. The van der Waals surface area contributed by atoms with E-state index in [0.29, 0.717) is 6.17 Å². The number of nitrogens with zero attached hydrogens (tertiary/aromatic N) is 2. The predicted molar refractivity (Wildman–Crippen MR) is 108 cm³/mol. The van der Waals surface area contributed by atoms with E-state index in [-0.39, 0.29) is 0 Å². The lowest BCUT2D eigenvalue weighted by Crippen LogP contribution is -2.37. The molecule has 0 aromatic carbocycles. The van der Waals surface area contributed by atoms with Crippen LogP contribution in [0.1, 0.15) is 110 Å². The Morgan fingerprint density at radius 3 is 1.71 bits per heavy atom. The smallest absolute Gasteiger partial charge is 0.100 e. The average molecular weight is 337 g/mol. The molecule has 1 unspecified atom stereocenters. The quantitative estimate of drug-likeness (QED) is 0.282. The van der Waals surface area contributed by atoms with Gasteiger partial charge in [-0.2, -0.15) is 0 Å². The minimum Gasteiger partial charge on any atom is -0.359 e. The molecule has 0 aliphatic carbocycles. The third-order valence-electron chi connectivity index (χ3n) is 5.43. The summed E-state index contributed by atoms with van der Waals surface area (Å²) < 4.78 is 0. The van der Waals surface area contributed by atoms with E-state index in [4.69, 9.17) is 0 Å². The number of hydrogen-bond acceptors (Lipinski definition) is 2. The minimum absolute atomic E-state index is 0.626. The fourth-order valence-corrected chi connectivity index (χ4v) is 3.75. The first-order valence-corrected chi connectivity index (χ1v) is 11.0. The molecule has 24 heavy (non-hydrogen) atoms. The summed E-state index contributed by atoms with van der Waals surface area (Å²) in [6, 6.07) is 0. The second kappa shape index (κ2) is 14.7. The molecule has 1 rings (SSSR count). The fourth-order valence-electron chi connectivity index (χ4n) is 3.75. The van der Waals surface area contributed by atoms with Crippen LogP contribution >= 0.6 is 0 Å². The van der Waals surface area contributed by atoms with Crippen molar-refractivity contribution < 1.29 is 0 Å². The van der Waals surface area contributed by atoms with Crippen LogP contribution in [0, 0.1) is 0 Å². The Labute approximate surface area is 152 Å². The van der Waals surface area contributed by atoms with Crippen LogP contribution in [0.3, 0.4) is 0 Å². The van der Waals surface area contributed by atoms with Gasteiger partial charge < -0.3 is 9.80 Å². The second-order valence-corrected chi connectivity index (χ2v) is 7.71. The van der Waals surface area contributed by atoms with Crippen molar-refractivity contribution in [3.05, 3.63) is 12.4 Å². The molecule has 0 N–H and O–H groups in total. The first-order valence-electron chi connectivity index (χ1n) is 11.0. The van der Waals surface area contributed by atoms with E-state index in [1.807, 2.05) is 0 Å². The molecule has 2 nitrogen and oxygen atoms in total. The lowest BCUT2D eigenvalue weighted by molar-refractivity contribution is 0.159. The van der Waals surface area contributed by atoms with Gasteiger partial charge in [-0.05, 0) is 19.3 Å². The van der Waals surface area contributed by atoms with Gasteiger partial charge in [-0.15, -0.1) is 0 Å². The predicted octanol–water partition coefficient (Wildman–Crippen LogP) is 6.92.